The van der Waals surface area contributed by atoms with E-state index >= 15 is 0 Å². The third-order valence-electron chi connectivity index (χ3n) is 7.12. The zero-order chi connectivity index (χ0) is 25.5. The Kier molecular flexibility index (Phi) is 6.89. The van der Waals surface area contributed by atoms with Crippen molar-refractivity contribution in [1.29, 1.82) is 0 Å². The summed E-state index contributed by atoms with van der Waals surface area (Å²) in [6.45, 7) is 11.9. The number of rotatable bonds is 5. The van der Waals surface area contributed by atoms with Crippen LogP contribution in [-0.4, -0.2) is 32.8 Å². The molecule has 1 unspecified atom stereocenters. The molecule has 2 aromatic heterocycles. The van der Waals surface area contributed by atoms with E-state index in [4.69, 9.17) is 4.98 Å². The van der Waals surface area contributed by atoms with Crippen LogP contribution in [-0.2, 0) is 12.5 Å². The molecular weight excluding hydrogens is 441 g/mol. The number of carbonyl (C=O) groups excluding carboxylic acids is 1. The van der Waals surface area contributed by atoms with Crippen LogP contribution in [0.5, 0.6) is 0 Å². The molecule has 1 atom stereocenters. The lowest BCUT2D eigenvalue weighted by atomic mass is 9.89. The van der Waals surface area contributed by atoms with Gasteiger partial charge < -0.3 is 10.6 Å². The van der Waals surface area contributed by atoms with Crippen molar-refractivity contribution in [2.45, 2.75) is 90.9 Å². The summed E-state index contributed by atoms with van der Waals surface area (Å²) >= 11 is 0. The quantitative estimate of drug-likeness (QED) is 0.466. The van der Waals surface area contributed by atoms with Crippen molar-refractivity contribution in [1.82, 2.24) is 20.1 Å². The lowest BCUT2D eigenvalue weighted by Crippen LogP contribution is -2.40. The molecule has 0 aliphatic heterocycles. The zero-order valence-electron chi connectivity index (χ0n) is 22.0. The van der Waals surface area contributed by atoms with E-state index in [1.54, 1.807) is 18.7 Å². The SMILES string of the molecule is Cc1ccc2nc(C(C)(C)C)cc(NC3CCC(NC(=O)c4c(C(C)F)nn(C)c4C)CC3)c2c1. The molecule has 1 aliphatic rings. The van der Waals surface area contributed by atoms with Crippen LogP contribution in [0.25, 0.3) is 10.9 Å². The summed E-state index contributed by atoms with van der Waals surface area (Å²) in [6.07, 6.45) is 2.36. The minimum Gasteiger partial charge on any atom is -0.382 e. The number of alkyl halides is 1. The van der Waals surface area contributed by atoms with Gasteiger partial charge in [0, 0.05) is 47.0 Å². The van der Waals surface area contributed by atoms with Crippen molar-refractivity contribution in [3.8, 4) is 0 Å². The number of aromatic nitrogens is 3. The summed E-state index contributed by atoms with van der Waals surface area (Å²) in [5, 5.41) is 12.3. The number of aryl methyl sites for hydroxylation is 2. The summed E-state index contributed by atoms with van der Waals surface area (Å²) in [7, 11) is 1.74. The van der Waals surface area contributed by atoms with Crippen molar-refractivity contribution in [2.24, 2.45) is 7.05 Å². The highest BCUT2D eigenvalue weighted by atomic mass is 19.1. The van der Waals surface area contributed by atoms with E-state index < -0.39 is 6.17 Å². The molecule has 1 amide bonds. The van der Waals surface area contributed by atoms with Crippen molar-refractivity contribution in [3.05, 3.63) is 52.5 Å². The summed E-state index contributed by atoms with van der Waals surface area (Å²) in [4.78, 5) is 17.9. The Morgan fingerprint density at radius 3 is 2.40 bits per heavy atom. The molecule has 2 N–H and O–H groups in total. The maximum atomic E-state index is 14.1. The zero-order valence-corrected chi connectivity index (χ0v) is 22.0. The van der Waals surface area contributed by atoms with Crippen molar-refractivity contribution >= 4 is 22.5 Å². The number of hydrogen-bond donors (Lipinski definition) is 2. The average molecular weight is 480 g/mol. The number of amides is 1. The van der Waals surface area contributed by atoms with Gasteiger partial charge in [-0.2, -0.15) is 5.10 Å². The van der Waals surface area contributed by atoms with Gasteiger partial charge in [0.15, 0.2) is 0 Å². The first-order valence-corrected chi connectivity index (χ1v) is 12.6. The van der Waals surface area contributed by atoms with Gasteiger partial charge in [-0.05, 0) is 64.7 Å². The number of hydrogen-bond acceptors (Lipinski definition) is 4. The van der Waals surface area contributed by atoms with Crippen molar-refractivity contribution in [3.63, 3.8) is 0 Å². The number of halogens is 1. The molecule has 35 heavy (non-hydrogen) atoms. The Hall–Kier alpha value is -2.96. The second kappa shape index (κ2) is 9.59. The van der Waals surface area contributed by atoms with Gasteiger partial charge in [0.2, 0.25) is 0 Å². The fraction of sp³-hybridized carbons (Fsp3) is 0.536. The van der Waals surface area contributed by atoms with E-state index in [1.807, 2.05) is 0 Å². The smallest absolute Gasteiger partial charge is 0.255 e. The number of nitrogens with one attached hydrogen (secondary N) is 2. The molecule has 0 spiro atoms. The maximum absolute atomic E-state index is 14.1. The molecular formula is C28H38FN5O. The molecule has 6 nitrogen and oxygen atoms in total. The number of anilines is 1. The highest BCUT2D eigenvalue weighted by Crippen LogP contribution is 2.32. The Balaban J connectivity index is 1.46. The average Bonchev–Trinajstić information content (AvgIpc) is 3.09. The molecule has 0 bridgehead atoms. The monoisotopic (exact) mass is 479 g/mol. The van der Waals surface area contributed by atoms with Crippen LogP contribution in [0.15, 0.2) is 24.3 Å². The largest absolute Gasteiger partial charge is 0.382 e. The van der Waals surface area contributed by atoms with Crippen molar-refractivity contribution in [2.75, 3.05) is 5.32 Å². The number of pyridine rings is 1. The van der Waals surface area contributed by atoms with Crippen LogP contribution in [0.2, 0.25) is 0 Å². The molecule has 2 heterocycles. The first-order chi connectivity index (χ1) is 16.4. The minimum absolute atomic E-state index is 0.0438. The summed E-state index contributed by atoms with van der Waals surface area (Å²) in [5.41, 5.74) is 5.65. The predicted molar refractivity (Wildman–Crippen MR) is 140 cm³/mol. The van der Waals surface area contributed by atoms with Crippen LogP contribution >= 0.6 is 0 Å². The highest BCUT2D eigenvalue weighted by Gasteiger charge is 2.28. The molecule has 1 aliphatic carbocycles. The number of benzene rings is 1. The minimum atomic E-state index is -1.28. The van der Waals surface area contributed by atoms with Gasteiger partial charge in [0.25, 0.3) is 5.91 Å². The Bertz CT molecular complexity index is 1230. The third-order valence-corrected chi connectivity index (χ3v) is 7.12. The van der Waals surface area contributed by atoms with Crippen LogP contribution in [0, 0.1) is 13.8 Å². The third kappa shape index (κ3) is 5.34. The summed E-state index contributed by atoms with van der Waals surface area (Å²) < 4.78 is 15.6. The van der Waals surface area contributed by atoms with Crippen LogP contribution in [0.4, 0.5) is 10.1 Å². The van der Waals surface area contributed by atoms with E-state index in [-0.39, 0.29) is 23.1 Å². The second-order valence-corrected chi connectivity index (χ2v) is 11.1. The molecule has 7 heteroatoms. The molecule has 4 rings (SSSR count). The van der Waals surface area contributed by atoms with Crippen LogP contribution < -0.4 is 10.6 Å². The normalized spacial score (nSPS) is 19.5. The van der Waals surface area contributed by atoms with Gasteiger partial charge in [-0.25, -0.2) is 4.39 Å². The molecule has 188 valence electrons. The van der Waals surface area contributed by atoms with Gasteiger partial charge >= 0.3 is 0 Å². The van der Waals surface area contributed by atoms with Crippen molar-refractivity contribution < 1.29 is 9.18 Å². The molecule has 1 aromatic carbocycles. The van der Waals surface area contributed by atoms with E-state index in [0.29, 0.717) is 17.3 Å². The lowest BCUT2D eigenvalue weighted by molar-refractivity contribution is 0.0923. The Morgan fingerprint density at radius 2 is 1.77 bits per heavy atom. The number of nitrogens with zero attached hydrogens (tertiary/aromatic N) is 3. The highest BCUT2D eigenvalue weighted by molar-refractivity contribution is 5.97. The maximum Gasteiger partial charge on any atom is 0.255 e. The predicted octanol–water partition coefficient (Wildman–Crippen LogP) is 6.07. The Labute approximate surface area is 207 Å². The van der Waals surface area contributed by atoms with Crippen LogP contribution in [0.1, 0.15) is 92.6 Å². The standard InChI is InChI=1S/C28H38FN5O/c1-16-8-13-22-21(14-16)23(15-24(32-22)28(4,5)6)30-19-9-11-20(12-10-19)31-27(35)25-18(3)34(7)33-26(25)17(2)29/h8,13-15,17,19-20H,9-12H2,1-7H3,(H,30,32)(H,31,35). The van der Waals surface area contributed by atoms with E-state index in [9.17, 15) is 9.18 Å². The number of fused-ring (bicyclic) bond motifs is 1. The van der Waals surface area contributed by atoms with Gasteiger partial charge in [-0.15, -0.1) is 0 Å². The second-order valence-electron chi connectivity index (χ2n) is 11.1. The van der Waals surface area contributed by atoms with Gasteiger partial charge in [-0.1, -0.05) is 32.4 Å². The van der Waals surface area contributed by atoms with Gasteiger partial charge in [0.1, 0.15) is 11.9 Å². The fourth-order valence-corrected chi connectivity index (χ4v) is 4.90. The van der Waals surface area contributed by atoms with Gasteiger partial charge in [-0.3, -0.25) is 14.5 Å². The molecule has 0 saturated heterocycles. The first kappa shape index (κ1) is 25.1. The summed E-state index contributed by atoms with van der Waals surface area (Å²) in [6, 6.07) is 9.00. The molecule has 3 aromatic rings. The van der Waals surface area contributed by atoms with Crippen LogP contribution in [0.3, 0.4) is 0 Å². The topological polar surface area (TPSA) is 71.8 Å². The van der Waals surface area contributed by atoms with E-state index in [0.717, 1.165) is 48.0 Å². The lowest BCUT2D eigenvalue weighted by Gasteiger charge is -2.31. The van der Waals surface area contributed by atoms with E-state index in [2.05, 4.69) is 67.7 Å². The fourth-order valence-electron chi connectivity index (χ4n) is 4.90. The summed E-state index contributed by atoms with van der Waals surface area (Å²) in [5.74, 6) is -0.225. The van der Waals surface area contributed by atoms with Gasteiger partial charge in [0.05, 0.1) is 11.1 Å². The first-order valence-electron chi connectivity index (χ1n) is 12.6. The molecule has 0 radical (unpaired) electrons. The molecule has 1 saturated carbocycles. The molecule has 1 fully saturated rings. The Morgan fingerprint density at radius 1 is 1.11 bits per heavy atom. The number of carbonyl (C=O) groups is 1. The van der Waals surface area contributed by atoms with E-state index in [1.165, 1.54) is 12.5 Å².